The van der Waals surface area contributed by atoms with Crippen LogP contribution in [0.15, 0.2) is 30.5 Å². The SMILES string of the molecule is Cc1cc(F)cnc1N1C(=O)C(C)(C)Oc2cc(NS(C)(=O)=O)ccc21. The number of hydrogen-bond donors (Lipinski definition) is 1. The number of anilines is 3. The highest BCUT2D eigenvalue weighted by Gasteiger charge is 2.42. The van der Waals surface area contributed by atoms with E-state index in [1.54, 1.807) is 26.8 Å². The number of carbonyl (C=O) groups is 1. The van der Waals surface area contributed by atoms with Crippen LogP contribution in [0.25, 0.3) is 0 Å². The van der Waals surface area contributed by atoms with Gasteiger partial charge in [0.25, 0.3) is 5.91 Å². The molecule has 1 aromatic heterocycles. The van der Waals surface area contributed by atoms with E-state index < -0.39 is 21.4 Å². The van der Waals surface area contributed by atoms with Gasteiger partial charge in [0.05, 0.1) is 23.8 Å². The number of benzene rings is 1. The summed E-state index contributed by atoms with van der Waals surface area (Å²) in [5, 5.41) is 0. The first kappa shape index (κ1) is 18.1. The van der Waals surface area contributed by atoms with Gasteiger partial charge < -0.3 is 4.74 Å². The lowest BCUT2D eigenvalue weighted by Crippen LogP contribution is -2.51. The highest BCUT2D eigenvalue weighted by molar-refractivity contribution is 7.92. The van der Waals surface area contributed by atoms with E-state index in [1.165, 1.54) is 23.1 Å². The number of nitrogens with zero attached hydrogens (tertiary/aromatic N) is 2. The second-order valence-electron chi connectivity index (χ2n) is 6.60. The number of amides is 1. The van der Waals surface area contributed by atoms with Gasteiger partial charge in [-0.2, -0.15) is 0 Å². The van der Waals surface area contributed by atoms with Gasteiger partial charge in [-0.05, 0) is 44.5 Å². The molecule has 1 aliphatic heterocycles. The molecule has 1 amide bonds. The van der Waals surface area contributed by atoms with Gasteiger partial charge in [-0.25, -0.2) is 17.8 Å². The third kappa shape index (κ3) is 3.34. The van der Waals surface area contributed by atoms with Crippen LogP contribution in [0.2, 0.25) is 0 Å². The van der Waals surface area contributed by atoms with Crippen molar-refractivity contribution in [3.05, 3.63) is 41.8 Å². The third-order valence-electron chi connectivity index (χ3n) is 3.82. The van der Waals surface area contributed by atoms with Crippen LogP contribution in [-0.2, 0) is 14.8 Å². The fourth-order valence-corrected chi connectivity index (χ4v) is 3.29. The number of ether oxygens (including phenoxy) is 1. The average Bonchev–Trinajstić information content (AvgIpc) is 2.48. The Labute approximate surface area is 150 Å². The van der Waals surface area contributed by atoms with Gasteiger partial charge in [-0.1, -0.05) is 0 Å². The molecule has 138 valence electrons. The number of nitrogens with one attached hydrogen (secondary N) is 1. The third-order valence-corrected chi connectivity index (χ3v) is 4.42. The summed E-state index contributed by atoms with van der Waals surface area (Å²) in [6.07, 6.45) is 2.08. The zero-order valence-electron chi connectivity index (χ0n) is 14.7. The smallest absolute Gasteiger partial charge is 0.276 e. The summed E-state index contributed by atoms with van der Waals surface area (Å²) in [4.78, 5) is 18.3. The van der Waals surface area contributed by atoms with Crippen molar-refractivity contribution < 1.29 is 22.3 Å². The number of sulfonamides is 1. The molecular formula is C17H18FN3O4S. The minimum atomic E-state index is -3.46. The summed E-state index contributed by atoms with van der Waals surface area (Å²) in [6, 6.07) is 5.86. The lowest BCUT2D eigenvalue weighted by molar-refractivity contribution is -0.131. The molecule has 0 saturated carbocycles. The molecule has 3 rings (SSSR count). The Morgan fingerprint density at radius 2 is 1.96 bits per heavy atom. The first-order valence-electron chi connectivity index (χ1n) is 7.75. The molecule has 0 saturated heterocycles. The molecule has 1 aromatic carbocycles. The second kappa shape index (κ2) is 5.94. The van der Waals surface area contributed by atoms with Crippen LogP contribution >= 0.6 is 0 Å². The molecule has 1 N–H and O–H groups in total. The minimum absolute atomic E-state index is 0.290. The summed E-state index contributed by atoms with van der Waals surface area (Å²) in [5.74, 6) is -0.262. The van der Waals surface area contributed by atoms with Crippen LogP contribution in [0.3, 0.4) is 0 Å². The Bertz CT molecular complexity index is 1010. The van der Waals surface area contributed by atoms with Crippen LogP contribution in [0.4, 0.5) is 21.6 Å². The van der Waals surface area contributed by atoms with Crippen molar-refractivity contribution in [3.63, 3.8) is 0 Å². The van der Waals surface area contributed by atoms with Gasteiger partial charge >= 0.3 is 0 Å². The zero-order chi connectivity index (χ0) is 19.3. The van der Waals surface area contributed by atoms with Gasteiger partial charge in [0.1, 0.15) is 17.4 Å². The monoisotopic (exact) mass is 379 g/mol. The standard InChI is InChI=1S/C17H18FN3O4S/c1-10-7-11(18)9-19-15(10)21-13-6-5-12(20-26(4,23)24)8-14(13)25-17(2,3)16(21)22/h5-9,20H,1-4H3. The van der Waals surface area contributed by atoms with Crippen molar-refractivity contribution in [2.45, 2.75) is 26.4 Å². The summed E-state index contributed by atoms with van der Waals surface area (Å²) >= 11 is 0. The maximum Gasteiger partial charge on any atom is 0.276 e. The topological polar surface area (TPSA) is 88.6 Å². The molecule has 0 bridgehead atoms. The Morgan fingerprint density at radius 1 is 1.27 bits per heavy atom. The van der Waals surface area contributed by atoms with E-state index in [-0.39, 0.29) is 11.7 Å². The summed E-state index contributed by atoms with van der Waals surface area (Å²) in [5.41, 5.74) is -0.0183. The minimum Gasteiger partial charge on any atom is -0.476 e. The number of carbonyl (C=O) groups excluding carboxylic acids is 1. The Hall–Kier alpha value is -2.68. The molecule has 2 aromatic rings. The molecule has 7 nitrogen and oxygen atoms in total. The molecule has 0 fully saturated rings. The van der Waals surface area contributed by atoms with Gasteiger partial charge in [0.2, 0.25) is 10.0 Å². The molecule has 0 atom stereocenters. The van der Waals surface area contributed by atoms with Crippen molar-refractivity contribution in [2.75, 3.05) is 15.9 Å². The number of halogens is 1. The van der Waals surface area contributed by atoms with E-state index in [4.69, 9.17) is 4.74 Å². The summed E-state index contributed by atoms with van der Waals surface area (Å²) in [7, 11) is -3.46. The number of aromatic nitrogens is 1. The zero-order valence-corrected chi connectivity index (χ0v) is 15.5. The predicted molar refractivity (Wildman–Crippen MR) is 95.7 cm³/mol. The lowest BCUT2D eigenvalue weighted by atomic mass is 10.0. The van der Waals surface area contributed by atoms with Gasteiger partial charge in [0.15, 0.2) is 5.60 Å². The fraction of sp³-hybridized carbons (Fsp3) is 0.294. The fourth-order valence-electron chi connectivity index (χ4n) is 2.73. The Kier molecular flexibility index (Phi) is 4.14. The molecule has 0 aliphatic carbocycles. The summed E-state index contributed by atoms with van der Waals surface area (Å²) < 4.78 is 44.5. The summed E-state index contributed by atoms with van der Waals surface area (Å²) in [6.45, 7) is 4.85. The quantitative estimate of drug-likeness (QED) is 0.886. The van der Waals surface area contributed by atoms with Crippen LogP contribution in [0, 0.1) is 12.7 Å². The maximum absolute atomic E-state index is 13.4. The first-order valence-corrected chi connectivity index (χ1v) is 9.65. The van der Waals surface area contributed by atoms with Crippen molar-refractivity contribution >= 4 is 33.1 Å². The van der Waals surface area contributed by atoms with Crippen LogP contribution < -0.4 is 14.4 Å². The van der Waals surface area contributed by atoms with E-state index >= 15 is 0 Å². The van der Waals surface area contributed by atoms with E-state index in [2.05, 4.69) is 9.71 Å². The van der Waals surface area contributed by atoms with Gasteiger partial charge in [-0.3, -0.25) is 14.4 Å². The molecule has 0 unspecified atom stereocenters. The predicted octanol–water partition coefficient (Wildman–Crippen LogP) is 2.74. The first-order chi connectivity index (χ1) is 12.0. The van der Waals surface area contributed by atoms with Crippen LogP contribution in [0.1, 0.15) is 19.4 Å². The molecule has 2 heterocycles. The molecule has 1 aliphatic rings. The lowest BCUT2D eigenvalue weighted by Gasteiger charge is -2.38. The molecule has 26 heavy (non-hydrogen) atoms. The van der Waals surface area contributed by atoms with E-state index in [0.29, 0.717) is 22.7 Å². The highest BCUT2D eigenvalue weighted by Crippen LogP contribution is 2.43. The van der Waals surface area contributed by atoms with Gasteiger partial charge in [0, 0.05) is 6.07 Å². The van der Waals surface area contributed by atoms with Crippen molar-refractivity contribution in [1.82, 2.24) is 4.98 Å². The largest absolute Gasteiger partial charge is 0.476 e. The van der Waals surface area contributed by atoms with Crippen LogP contribution in [-0.4, -0.2) is 31.2 Å². The second-order valence-corrected chi connectivity index (χ2v) is 8.35. The molecule has 0 spiro atoms. The number of rotatable bonds is 3. The Balaban J connectivity index is 2.16. The Morgan fingerprint density at radius 3 is 2.58 bits per heavy atom. The van der Waals surface area contributed by atoms with Crippen molar-refractivity contribution in [1.29, 1.82) is 0 Å². The molecule has 9 heteroatoms. The number of fused-ring (bicyclic) bond motifs is 1. The molecular weight excluding hydrogens is 361 g/mol. The maximum atomic E-state index is 13.4. The molecule has 0 radical (unpaired) electrons. The number of hydrogen-bond acceptors (Lipinski definition) is 5. The highest BCUT2D eigenvalue weighted by atomic mass is 32.2. The van der Waals surface area contributed by atoms with Gasteiger partial charge in [-0.15, -0.1) is 0 Å². The average molecular weight is 379 g/mol. The van der Waals surface area contributed by atoms with E-state index in [0.717, 1.165) is 12.5 Å². The van der Waals surface area contributed by atoms with Crippen molar-refractivity contribution in [3.8, 4) is 5.75 Å². The van der Waals surface area contributed by atoms with E-state index in [1.807, 2.05) is 0 Å². The van der Waals surface area contributed by atoms with E-state index in [9.17, 15) is 17.6 Å². The van der Waals surface area contributed by atoms with Crippen molar-refractivity contribution in [2.24, 2.45) is 0 Å². The number of pyridine rings is 1. The van der Waals surface area contributed by atoms with Crippen LogP contribution in [0.5, 0.6) is 5.75 Å². The number of aryl methyl sites for hydroxylation is 1. The normalized spacial score (nSPS) is 16.0.